The van der Waals surface area contributed by atoms with Crippen molar-refractivity contribution in [3.8, 4) is 5.75 Å². The Morgan fingerprint density at radius 3 is 2.51 bits per heavy atom. The summed E-state index contributed by atoms with van der Waals surface area (Å²) in [4.78, 5) is 26.5. The van der Waals surface area contributed by atoms with E-state index in [9.17, 15) is 27.9 Å². The van der Waals surface area contributed by atoms with Gasteiger partial charge < -0.3 is 29.5 Å². The number of nitrogens with zero attached hydrogens (tertiary/aromatic N) is 1. The molecule has 0 bridgehead atoms. The number of ether oxygens (including phenoxy) is 3. The highest BCUT2D eigenvalue weighted by atomic mass is 32.2. The first kappa shape index (κ1) is 32.8. The molecule has 0 aliphatic carbocycles. The lowest BCUT2D eigenvalue weighted by Gasteiger charge is -2.41. The molecule has 2 aliphatic heterocycles. The molecule has 12 heteroatoms. The minimum Gasteiger partial charge on any atom is -0.496 e. The van der Waals surface area contributed by atoms with Crippen molar-refractivity contribution in [2.24, 2.45) is 5.92 Å². The van der Waals surface area contributed by atoms with Crippen molar-refractivity contribution in [3.63, 3.8) is 0 Å². The third-order valence-corrected chi connectivity index (χ3v) is 9.22. The van der Waals surface area contributed by atoms with Crippen LogP contribution in [0.25, 0.3) is 0 Å². The second kappa shape index (κ2) is 14.2. The van der Waals surface area contributed by atoms with Crippen molar-refractivity contribution in [2.45, 2.75) is 62.0 Å². The molecule has 2 N–H and O–H groups in total. The first-order valence-corrected chi connectivity index (χ1v) is 15.6. The standard InChI is InChI=1S/C33H35F3N2O6S/c1-20-27(19-45-28-11-4-3-10-26(28)42-2)43-31(44-29(20)22-14-12-21(18-39)13-15-22)23-7-5-8-24(17-23)37-30(40)25-9-6-16-38(25)32(41)33(34,35)36/h3-5,7-8,10-15,17,20,25,27,29,31,39H,6,9,16,18-19H2,1-2H3,(H,37,40)/t20-,25-,27+,29+,31+/m0/s1. The van der Waals surface area contributed by atoms with Crippen molar-refractivity contribution in [3.05, 3.63) is 89.5 Å². The average molecular weight is 645 g/mol. The summed E-state index contributed by atoms with van der Waals surface area (Å²) < 4.78 is 57.8. The van der Waals surface area contributed by atoms with Crippen LogP contribution in [0.5, 0.6) is 5.75 Å². The number of thioether (sulfide) groups is 1. The van der Waals surface area contributed by atoms with E-state index in [0.717, 1.165) is 21.8 Å². The van der Waals surface area contributed by atoms with E-state index in [1.165, 1.54) is 0 Å². The topological polar surface area (TPSA) is 97.3 Å². The van der Waals surface area contributed by atoms with Crippen LogP contribution in [0.3, 0.4) is 0 Å². The van der Waals surface area contributed by atoms with Gasteiger partial charge in [-0.15, -0.1) is 11.8 Å². The van der Waals surface area contributed by atoms with E-state index in [1.807, 2.05) is 48.5 Å². The van der Waals surface area contributed by atoms with E-state index in [0.29, 0.717) is 28.3 Å². The van der Waals surface area contributed by atoms with Crippen molar-refractivity contribution >= 4 is 29.3 Å². The van der Waals surface area contributed by atoms with Gasteiger partial charge in [-0.1, -0.05) is 55.5 Å². The maximum atomic E-state index is 13.1. The molecular formula is C33H35F3N2O6S. The summed E-state index contributed by atoms with van der Waals surface area (Å²) in [6, 6.07) is 20.8. The van der Waals surface area contributed by atoms with Crippen molar-refractivity contribution in [1.29, 1.82) is 0 Å². The summed E-state index contributed by atoms with van der Waals surface area (Å²) in [5, 5.41) is 12.2. The van der Waals surface area contributed by atoms with Crippen LogP contribution in [0, 0.1) is 5.92 Å². The van der Waals surface area contributed by atoms with Crippen molar-refractivity contribution < 1.29 is 42.1 Å². The summed E-state index contributed by atoms with van der Waals surface area (Å²) in [5.41, 5.74) is 2.65. The molecule has 0 saturated carbocycles. The predicted octanol–water partition coefficient (Wildman–Crippen LogP) is 6.26. The van der Waals surface area contributed by atoms with Gasteiger partial charge in [-0.3, -0.25) is 9.59 Å². The number of benzene rings is 3. The molecule has 8 nitrogen and oxygen atoms in total. The van der Waals surface area contributed by atoms with Crippen LogP contribution in [-0.4, -0.2) is 59.6 Å². The number of para-hydroxylation sites is 1. The van der Waals surface area contributed by atoms with E-state index in [-0.39, 0.29) is 37.7 Å². The number of methoxy groups -OCH3 is 1. The molecule has 2 fully saturated rings. The molecule has 0 radical (unpaired) electrons. The average Bonchev–Trinajstić information content (AvgIpc) is 3.54. The summed E-state index contributed by atoms with van der Waals surface area (Å²) >= 11 is 1.60. The van der Waals surface area contributed by atoms with Gasteiger partial charge in [-0.05, 0) is 48.2 Å². The van der Waals surface area contributed by atoms with Gasteiger partial charge in [0, 0.05) is 34.4 Å². The Labute approximate surface area is 263 Å². The third kappa shape index (κ3) is 7.63. The van der Waals surface area contributed by atoms with Crippen LogP contribution in [-0.2, 0) is 25.7 Å². The lowest BCUT2D eigenvalue weighted by atomic mass is 9.91. The molecule has 5 rings (SSSR count). The highest BCUT2D eigenvalue weighted by Crippen LogP contribution is 2.44. The Balaban J connectivity index is 1.36. The van der Waals surface area contributed by atoms with Gasteiger partial charge in [0.05, 0.1) is 25.9 Å². The predicted molar refractivity (Wildman–Crippen MR) is 163 cm³/mol. The first-order chi connectivity index (χ1) is 21.6. The van der Waals surface area contributed by atoms with Crippen LogP contribution in [0.1, 0.15) is 48.8 Å². The number of carbonyl (C=O) groups is 2. The monoisotopic (exact) mass is 644 g/mol. The van der Waals surface area contributed by atoms with Gasteiger partial charge in [0.1, 0.15) is 11.8 Å². The number of carbonyl (C=O) groups excluding carboxylic acids is 2. The lowest BCUT2D eigenvalue weighted by Crippen LogP contribution is -2.48. The summed E-state index contributed by atoms with van der Waals surface area (Å²) in [6.07, 6.45) is -6.05. The molecule has 0 aromatic heterocycles. The maximum Gasteiger partial charge on any atom is 0.471 e. The molecule has 5 atom stereocenters. The number of halogens is 3. The Morgan fingerprint density at radius 1 is 1.04 bits per heavy atom. The number of hydrogen-bond acceptors (Lipinski definition) is 7. The minimum atomic E-state index is -5.05. The molecule has 0 unspecified atom stereocenters. The minimum absolute atomic E-state index is 0.0640. The van der Waals surface area contributed by atoms with Crippen LogP contribution in [0.15, 0.2) is 77.7 Å². The fraction of sp³-hybridized carbons (Fsp3) is 0.394. The highest BCUT2D eigenvalue weighted by molar-refractivity contribution is 7.99. The van der Waals surface area contributed by atoms with Gasteiger partial charge >= 0.3 is 12.1 Å². The van der Waals surface area contributed by atoms with Crippen LogP contribution < -0.4 is 10.1 Å². The van der Waals surface area contributed by atoms with E-state index < -0.39 is 30.3 Å². The van der Waals surface area contributed by atoms with Gasteiger partial charge in [-0.2, -0.15) is 13.2 Å². The molecule has 2 heterocycles. The van der Waals surface area contributed by atoms with Crippen molar-refractivity contribution in [1.82, 2.24) is 4.90 Å². The number of nitrogens with one attached hydrogen (secondary N) is 1. The second-order valence-electron chi connectivity index (χ2n) is 11.1. The van der Waals surface area contributed by atoms with E-state index in [1.54, 1.807) is 43.1 Å². The number of likely N-dealkylation sites (tertiary alicyclic amines) is 1. The molecule has 0 spiro atoms. The Morgan fingerprint density at radius 2 is 1.80 bits per heavy atom. The summed E-state index contributed by atoms with van der Waals surface area (Å²) in [6.45, 7) is 1.85. The van der Waals surface area contributed by atoms with Crippen LogP contribution in [0.4, 0.5) is 18.9 Å². The largest absolute Gasteiger partial charge is 0.496 e. The lowest BCUT2D eigenvalue weighted by molar-refractivity contribution is -0.268. The zero-order valence-electron chi connectivity index (χ0n) is 24.8. The summed E-state index contributed by atoms with van der Waals surface area (Å²) in [7, 11) is 1.62. The number of aliphatic hydroxyl groups is 1. The first-order valence-electron chi connectivity index (χ1n) is 14.6. The summed E-state index contributed by atoms with van der Waals surface area (Å²) in [5.74, 6) is -1.41. The van der Waals surface area contributed by atoms with Gasteiger partial charge in [-0.25, -0.2) is 0 Å². The molecule has 2 amide bonds. The fourth-order valence-corrected chi connectivity index (χ4v) is 6.85. The number of amides is 2. The fourth-order valence-electron chi connectivity index (χ4n) is 5.65. The quantitative estimate of drug-likeness (QED) is 0.266. The molecule has 240 valence electrons. The Hall–Kier alpha value is -3.58. The van der Waals surface area contributed by atoms with Gasteiger partial charge in [0.2, 0.25) is 5.91 Å². The number of aliphatic hydroxyl groups excluding tert-OH is 1. The van der Waals surface area contributed by atoms with E-state index >= 15 is 0 Å². The highest BCUT2D eigenvalue weighted by Gasteiger charge is 2.47. The van der Waals surface area contributed by atoms with Crippen LogP contribution >= 0.6 is 11.8 Å². The third-order valence-electron chi connectivity index (χ3n) is 8.08. The van der Waals surface area contributed by atoms with Gasteiger partial charge in [0.15, 0.2) is 6.29 Å². The number of anilines is 1. The Bertz CT molecular complexity index is 1490. The Kier molecular flexibility index (Phi) is 10.4. The molecule has 2 saturated heterocycles. The zero-order chi connectivity index (χ0) is 32.1. The molecule has 3 aromatic carbocycles. The SMILES string of the molecule is COc1ccccc1SC[C@H]1O[C@@H](c2cccc(NC(=O)[C@@H]3CCCN3C(=O)C(F)(F)F)c2)O[C@@H](c2ccc(CO)cc2)[C@H]1C. The molecular weight excluding hydrogens is 609 g/mol. The van der Waals surface area contributed by atoms with Crippen molar-refractivity contribution in [2.75, 3.05) is 24.7 Å². The second-order valence-corrected chi connectivity index (χ2v) is 12.1. The number of alkyl halides is 3. The van der Waals surface area contributed by atoms with E-state index in [4.69, 9.17) is 14.2 Å². The molecule has 3 aromatic rings. The maximum absolute atomic E-state index is 13.1. The number of hydrogen-bond donors (Lipinski definition) is 2. The molecule has 2 aliphatic rings. The molecule has 45 heavy (non-hydrogen) atoms. The van der Waals surface area contributed by atoms with Gasteiger partial charge in [0.25, 0.3) is 0 Å². The zero-order valence-corrected chi connectivity index (χ0v) is 25.6. The smallest absolute Gasteiger partial charge is 0.471 e. The van der Waals surface area contributed by atoms with E-state index in [2.05, 4.69) is 12.2 Å². The van der Waals surface area contributed by atoms with Crippen LogP contribution in [0.2, 0.25) is 0 Å². The number of rotatable bonds is 9. The normalized spacial score (nSPS) is 23.5.